The number of ether oxygens (including phenoxy) is 1. The van der Waals surface area contributed by atoms with E-state index in [2.05, 4.69) is 10.1 Å². The lowest BCUT2D eigenvalue weighted by molar-refractivity contribution is -0.262. The number of hydrogen-bond donors (Lipinski definition) is 2. The zero-order valence-electron chi connectivity index (χ0n) is 12.5. The monoisotopic (exact) mass is 369 g/mol. The maximum Gasteiger partial charge on any atom is 0.432 e. The van der Waals surface area contributed by atoms with E-state index in [0.29, 0.717) is 0 Å². The number of halogens is 5. The third-order valence-corrected chi connectivity index (χ3v) is 4.48. The first kappa shape index (κ1) is 20.0. The van der Waals surface area contributed by atoms with E-state index in [1.807, 2.05) is 0 Å². The highest BCUT2D eigenvalue weighted by molar-refractivity contribution is 7.86. The molecule has 2 N–H and O–H groups in total. The van der Waals surface area contributed by atoms with Crippen LogP contribution in [0.1, 0.15) is 27.7 Å². The molecule has 2 unspecified atom stereocenters. The van der Waals surface area contributed by atoms with Gasteiger partial charge in [-0.25, -0.2) is 0 Å². The third-order valence-electron chi connectivity index (χ3n) is 3.57. The fraction of sp³-hybridized carbons (Fsp3) is 0.909. The molecule has 1 saturated heterocycles. The summed E-state index contributed by atoms with van der Waals surface area (Å²) in [6, 6.07) is -0.657. The number of esters is 1. The van der Waals surface area contributed by atoms with Gasteiger partial charge in [0, 0.05) is 11.6 Å². The average molecular weight is 369 g/mol. The number of hydrogen-bond acceptors (Lipinski definition) is 5. The van der Waals surface area contributed by atoms with E-state index in [4.69, 9.17) is 4.55 Å². The Balaban J connectivity index is 3.12. The molecule has 0 radical (unpaired) electrons. The summed E-state index contributed by atoms with van der Waals surface area (Å²) < 4.78 is 98.0. The first-order valence-electron chi connectivity index (χ1n) is 6.25. The highest BCUT2D eigenvalue weighted by Gasteiger charge is 2.67. The molecule has 136 valence electrons. The SMILES string of the molecule is CC1(C)NC1C(C)(C)C(=O)OC(C(F)(F)F)C(F)(F)S(=O)(=O)O. The Morgan fingerprint density at radius 3 is 1.87 bits per heavy atom. The number of rotatable bonds is 5. The molecule has 0 spiro atoms. The van der Waals surface area contributed by atoms with Gasteiger partial charge in [-0.1, -0.05) is 0 Å². The molecule has 0 bridgehead atoms. The van der Waals surface area contributed by atoms with E-state index in [1.165, 1.54) is 13.8 Å². The highest BCUT2D eigenvalue weighted by atomic mass is 32.2. The van der Waals surface area contributed by atoms with Gasteiger partial charge in [0.05, 0.1) is 5.41 Å². The summed E-state index contributed by atoms with van der Waals surface area (Å²) in [6.07, 6.45) is -10.2. The summed E-state index contributed by atoms with van der Waals surface area (Å²) in [4.78, 5) is 11.9. The Morgan fingerprint density at radius 1 is 1.22 bits per heavy atom. The Morgan fingerprint density at radius 2 is 1.61 bits per heavy atom. The zero-order valence-corrected chi connectivity index (χ0v) is 13.3. The summed E-state index contributed by atoms with van der Waals surface area (Å²) >= 11 is 0. The maximum atomic E-state index is 13.4. The van der Waals surface area contributed by atoms with Gasteiger partial charge in [0.2, 0.25) is 0 Å². The lowest BCUT2D eigenvalue weighted by Gasteiger charge is -2.30. The molecule has 12 heteroatoms. The molecule has 0 amide bonds. The van der Waals surface area contributed by atoms with Crippen molar-refractivity contribution in [2.75, 3.05) is 0 Å². The first-order chi connectivity index (χ1) is 9.85. The van der Waals surface area contributed by atoms with Gasteiger partial charge >= 0.3 is 27.5 Å². The molecule has 1 aliphatic rings. The normalized spacial score (nSPS) is 23.3. The van der Waals surface area contributed by atoms with Gasteiger partial charge in [0.15, 0.2) is 0 Å². The van der Waals surface area contributed by atoms with Crippen LogP contribution in [0.5, 0.6) is 0 Å². The van der Waals surface area contributed by atoms with Crippen LogP contribution in [0.2, 0.25) is 0 Å². The van der Waals surface area contributed by atoms with Gasteiger partial charge in [0.1, 0.15) is 0 Å². The molecule has 23 heavy (non-hydrogen) atoms. The van der Waals surface area contributed by atoms with E-state index in [-0.39, 0.29) is 0 Å². The first-order valence-corrected chi connectivity index (χ1v) is 7.69. The molecule has 0 aromatic heterocycles. The number of carbonyl (C=O) groups excluding carboxylic acids is 1. The van der Waals surface area contributed by atoms with Gasteiger partial charge in [-0.15, -0.1) is 0 Å². The lowest BCUT2D eigenvalue weighted by atomic mass is 9.84. The van der Waals surface area contributed by atoms with E-state index in [1.54, 1.807) is 13.8 Å². The van der Waals surface area contributed by atoms with Crippen molar-refractivity contribution in [3.05, 3.63) is 0 Å². The van der Waals surface area contributed by atoms with Crippen molar-refractivity contribution >= 4 is 16.1 Å². The molecule has 0 aromatic carbocycles. The van der Waals surface area contributed by atoms with Crippen LogP contribution < -0.4 is 5.32 Å². The van der Waals surface area contributed by atoms with Gasteiger partial charge in [-0.3, -0.25) is 9.35 Å². The van der Waals surface area contributed by atoms with E-state index >= 15 is 0 Å². The van der Waals surface area contributed by atoms with Crippen LogP contribution in [0.25, 0.3) is 0 Å². The van der Waals surface area contributed by atoms with Crippen LogP contribution >= 0.6 is 0 Å². The molecule has 2 atom stereocenters. The van der Waals surface area contributed by atoms with Crippen LogP contribution in [-0.4, -0.2) is 48.1 Å². The van der Waals surface area contributed by atoms with Gasteiger partial charge in [-0.05, 0) is 27.7 Å². The number of nitrogens with one attached hydrogen (secondary N) is 1. The van der Waals surface area contributed by atoms with Crippen LogP contribution in [0.15, 0.2) is 0 Å². The van der Waals surface area contributed by atoms with Crippen molar-refractivity contribution in [2.45, 2.75) is 56.8 Å². The van der Waals surface area contributed by atoms with Gasteiger partial charge in [0.25, 0.3) is 6.10 Å². The second-order valence-corrected chi connectivity index (χ2v) is 7.88. The smallest absolute Gasteiger partial charge is 0.432 e. The van der Waals surface area contributed by atoms with Crippen molar-refractivity contribution in [1.29, 1.82) is 0 Å². The summed E-state index contributed by atoms with van der Waals surface area (Å²) in [6.45, 7) is 5.59. The summed E-state index contributed by atoms with van der Waals surface area (Å²) in [7, 11) is -6.45. The largest absolute Gasteiger partial charge is 0.444 e. The summed E-state index contributed by atoms with van der Waals surface area (Å²) in [5.41, 5.74) is -2.26. The van der Waals surface area contributed by atoms with Crippen molar-refractivity contribution in [3.63, 3.8) is 0 Å². The Hall–Kier alpha value is -1.01. The van der Waals surface area contributed by atoms with Crippen molar-refractivity contribution in [1.82, 2.24) is 5.32 Å². The minimum atomic E-state index is -6.45. The molecular weight excluding hydrogens is 353 g/mol. The van der Waals surface area contributed by atoms with Crippen LogP contribution in [0, 0.1) is 5.41 Å². The van der Waals surface area contributed by atoms with E-state index in [9.17, 15) is 35.2 Å². The Bertz CT molecular complexity index is 598. The predicted molar refractivity (Wildman–Crippen MR) is 67.2 cm³/mol. The standard InChI is InChI=1S/C11H16F5NO5S/c1-8(2,5-9(3,4)17-5)7(18)22-6(10(12,13)14)11(15,16)23(19,20)21/h5-6,17H,1-4H3,(H,19,20,21). The number of carbonyl (C=O) groups is 1. The Labute approximate surface area is 129 Å². The van der Waals surface area contributed by atoms with Crippen LogP contribution in [0.4, 0.5) is 22.0 Å². The fourth-order valence-corrected chi connectivity index (χ4v) is 2.70. The summed E-state index contributed by atoms with van der Waals surface area (Å²) in [5.74, 6) is -1.67. The van der Waals surface area contributed by atoms with Gasteiger partial charge in [-0.2, -0.15) is 30.4 Å². The van der Waals surface area contributed by atoms with Crippen LogP contribution in [-0.2, 0) is 19.6 Å². The number of alkyl halides is 5. The predicted octanol–water partition coefficient (Wildman–Crippen LogP) is 1.72. The maximum absolute atomic E-state index is 13.4. The second-order valence-electron chi connectivity index (χ2n) is 6.38. The molecule has 1 fully saturated rings. The van der Waals surface area contributed by atoms with Gasteiger partial charge < -0.3 is 10.1 Å². The van der Waals surface area contributed by atoms with E-state index in [0.717, 1.165) is 0 Å². The van der Waals surface area contributed by atoms with Crippen molar-refractivity contribution < 1.29 is 44.5 Å². The summed E-state index contributed by atoms with van der Waals surface area (Å²) in [5, 5.41) is -2.96. The molecule has 0 saturated carbocycles. The molecule has 6 nitrogen and oxygen atoms in total. The topological polar surface area (TPSA) is 103 Å². The quantitative estimate of drug-likeness (QED) is 0.331. The highest BCUT2D eigenvalue weighted by Crippen LogP contribution is 2.43. The second kappa shape index (κ2) is 5.24. The average Bonchev–Trinajstić information content (AvgIpc) is 2.92. The molecule has 0 aromatic rings. The van der Waals surface area contributed by atoms with E-state index < -0.39 is 50.6 Å². The molecule has 1 heterocycles. The fourth-order valence-electron chi connectivity index (χ4n) is 2.25. The van der Waals surface area contributed by atoms with Crippen molar-refractivity contribution in [2.24, 2.45) is 5.41 Å². The zero-order chi connectivity index (χ0) is 18.6. The lowest BCUT2D eigenvalue weighted by Crippen LogP contribution is -2.54. The minimum absolute atomic E-state index is 0.623. The molecular formula is C11H16F5NO5S. The molecule has 1 aliphatic heterocycles. The third kappa shape index (κ3) is 3.74. The Kier molecular flexibility index (Phi) is 4.57. The van der Waals surface area contributed by atoms with Crippen LogP contribution in [0.3, 0.4) is 0 Å². The minimum Gasteiger partial charge on any atom is -0.444 e. The van der Waals surface area contributed by atoms with Crippen molar-refractivity contribution in [3.8, 4) is 0 Å². The molecule has 0 aliphatic carbocycles. The molecule has 1 rings (SSSR count).